The van der Waals surface area contributed by atoms with Crippen LogP contribution in [0.1, 0.15) is 32.3 Å². The molecule has 1 heterocycles. The van der Waals surface area contributed by atoms with Gasteiger partial charge in [0.05, 0.1) is 11.4 Å². The summed E-state index contributed by atoms with van der Waals surface area (Å²) in [5, 5.41) is 17.7. The third kappa shape index (κ3) is 3.30. The van der Waals surface area contributed by atoms with Crippen LogP contribution in [0.3, 0.4) is 0 Å². The van der Waals surface area contributed by atoms with E-state index < -0.39 is 16.1 Å². The number of aliphatic hydroxyl groups is 1. The van der Waals surface area contributed by atoms with Crippen molar-refractivity contribution in [1.82, 2.24) is 15.8 Å². The molecule has 1 saturated carbocycles. The third-order valence-electron chi connectivity index (χ3n) is 4.71. The molecule has 4 nitrogen and oxygen atoms in total. The van der Waals surface area contributed by atoms with Gasteiger partial charge in [0.1, 0.15) is 11.3 Å². The van der Waals surface area contributed by atoms with Crippen LogP contribution in [0, 0.1) is 0 Å². The van der Waals surface area contributed by atoms with Crippen LogP contribution in [-0.4, -0.2) is 37.9 Å². The molecule has 1 aliphatic carbocycles. The lowest BCUT2D eigenvalue weighted by molar-refractivity contribution is -0.0390. The third-order valence-corrected chi connectivity index (χ3v) is 6.01. The molecular formula is C16H21Cl2N3OS. The van der Waals surface area contributed by atoms with Gasteiger partial charge < -0.3 is 10.4 Å². The van der Waals surface area contributed by atoms with E-state index in [0.717, 1.165) is 18.4 Å². The number of nitrogens with one attached hydrogen (secondary N) is 2. The van der Waals surface area contributed by atoms with Crippen LogP contribution in [0.2, 0.25) is 5.02 Å². The lowest BCUT2D eigenvalue weighted by Gasteiger charge is -2.40. The van der Waals surface area contributed by atoms with E-state index in [9.17, 15) is 5.11 Å². The first kappa shape index (κ1) is 17.2. The predicted octanol–water partition coefficient (Wildman–Crippen LogP) is 2.82. The Morgan fingerprint density at radius 3 is 2.52 bits per heavy atom. The fourth-order valence-electron chi connectivity index (χ4n) is 3.02. The molecule has 1 aliphatic heterocycles. The molecule has 126 valence electrons. The molecule has 1 aromatic carbocycles. The van der Waals surface area contributed by atoms with Gasteiger partial charge in [0.15, 0.2) is 5.11 Å². The van der Waals surface area contributed by atoms with Crippen molar-refractivity contribution in [3.63, 3.8) is 0 Å². The lowest BCUT2D eigenvalue weighted by Crippen LogP contribution is -2.59. The zero-order chi connectivity index (χ0) is 16.9. The van der Waals surface area contributed by atoms with E-state index in [0.29, 0.717) is 23.1 Å². The quantitative estimate of drug-likeness (QED) is 0.547. The number of rotatable bonds is 5. The zero-order valence-corrected chi connectivity index (χ0v) is 15.5. The first-order valence-corrected chi connectivity index (χ1v) is 8.83. The van der Waals surface area contributed by atoms with E-state index in [1.807, 2.05) is 43.1 Å². The summed E-state index contributed by atoms with van der Waals surface area (Å²) < 4.78 is 0. The largest absolute Gasteiger partial charge is 0.386 e. The molecule has 0 radical (unpaired) electrons. The topological polar surface area (TPSA) is 47.5 Å². The van der Waals surface area contributed by atoms with Crippen LogP contribution in [0.15, 0.2) is 24.3 Å². The van der Waals surface area contributed by atoms with E-state index in [4.69, 9.17) is 35.4 Å². The monoisotopic (exact) mass is 373 g/mol. The number of thiocarbonyl (C=S) groups is 1. The van der Waals surface area contributed by atoms with Crippen LogP contribution >= 0.6 is 35.4 Å². The molecule has 3 rings (SSSR count). The molecule has 1 atom stereocenters. The average molecular weight is 374 g/mol. The van der Waals surface area contributed by atoms with Crippen molar-refractivity contribution in [3.05, 3.63) is 34.9 Å². The molecule has 2 aliphatic rings. The first-order valence-electron chi connectivity index (χ1n) is 7.66. The highest BCUT2D eigenvalue weighted by Crippen LogP contribution is 2.53. The number of hydrazine groups is 1. The minimum absolute atomic E-state index is 0.349. The predicted molar refractivity (Wildman–Crippen MR) is 97.6 cm³/mol. The number of halogens is 2. The Morgan fingerprint density at radius 2 is 2.00 bits per heavy atom. The maximum atomic E-state index is 11.4. The number of β-amino-alcohol motifs (C(OH)–C–C–N with tert-alkyl or cyclic N) is 1. The minimum atomic E-state index is -1.11. The average Bonchev–Trinajstić information content (AvgIpc) is 3.14. The van der Waals surface area contributed by atoms with Crippen molar-refractivity contribution in [2.45, 2.75) is 49.2 Å². The number of alkyl halides is 1. The summed E-state index contributed by atoms with van der Waals surface area (Å²) >= 11 is 18.1. The molecule has 1 aromatic rings. The second kappa shape index (κ2) is 5.74. The van der Waals surface area contributed by atoms with Crippen LogP contribution < -0.4 is 10.7 Å². The molecule has 0 aromatic heterocycles. The summed E-state index contributed by atoms with van der Waals surface area (Å²) in [6, 6.07) is 7.57. The normalized spacial score (nSPS) is 24.7. The van der Waals surface area contributed by atoms with E-state index in [1.54, 1.807) is 0 Å². The van der Waals surface area contributed by atoms with Gasteiger partial charge in [0, 0.05) is 11.4 Å². The van der Waals surface area contributed by atoms with E-state index in [1.165, 1.54) is 0 Å². The summed E-state index contributed by atoms with van der Waals surface area (Å²) in [7, 11) is 0. The standard InChI is InChI=1S/C16H21Cl2N3OS/c1-14(2)19-13(23)20-21(14)10-16(22,15(18)7-8-15)9-11-5-3-4-6-12(11)17/h3-6,22H,7-10H2,1-2H3,(H2,19,20,23). The molecule has 0 amide bonds. The fraction of sp³-hybridized carbons (Fsp3) is 0.562. The number of nitrogens with zero attached hydrogens (tertiary/aromatic N) is 1. The van der Waals surface area contributed by atoms with Crippen molar-refractivity contribution in [1.29, 1.82) is 0 Å². The molecule has 0 bridgehead atoms. The van der Waals surface area contributed by atoms with Gasteiger partial charge in [-0.1, -0.05) is 29.8 Å². The summed E-state index contributed by atoms with van der Waals surface area (Å²) in [5.74, 6) is 0. The lowest BCUT2D eigenvalue weighted by atomic mass is 9.88. The Kier molecular flexibility index (Phi) is 4.30. The smallest absolute Gasteiger partial charge is 0.182 e. The van der Waals surface area contributed by atoms with Crippen molar-refractivity contribution < 1.29 is 5.11 Å². The van der Waals surface area contributed by atoms with Crippen molar-refractivity contribution in [3.8, 4) is 0 Å². The summed E-state index contributed by atoms with van der Waals surface area (Å²) in [6.45, 7) is 4.36. The van der Waals surface area contributed by atoms with Gasteiger partial charge in [-0.15, -0.1) is 11.6 Å². The van der Waals surface area contributed by atoms with E-state index in [2.05, 4.69) is 10.7 Å². The maximum absolute atomic E-state index is 11.4. The molecular weight excluding hydrogens is 353 g/mol. The van der Waals surface area contributed by atoms with Crippen molar-refractivity contribution >= 4 is 40.5 Å². The van der Waals surface area contributed by atoms with E-state index in [-0.39, 0.29) is 0 Å². The molecule has 1 unspecified atom stereocenters. The molecule has 3 N–H and O–H groups in total. The fourth-order valence-corrected chi connectivity index (χ4v) is 3.81. The molecule has 7 heteroatoms. The van der Waals surface area contributed by atoms with Gasteiger partial charge in [-0.3, -0.25) is 5.43 Å². The second-order valence-corrected chi connectivity index (χ2v) is 8.52. The van der Waals surface area contributed by atoms with Crippen molar-refractivity contribution in [2.24, 2.45) is 0 Å². The highest BCUT2D eigenvalue weighted by molar-refractivity contribution is 7.80. The molecule has 1 saturated heterocycles. The van der Waals surface area contributed by atoms with Gasteiger partial charge in [0.2, 0.25) is 0 Å². The summed E-state index contributed by atoms with van der Waals surface area (Å²) in [6.07, 6.45) is 1.99. The van der Waals surface area contributed by atoms with Gasteiger partial charge >= 0.3 is 0 Å². The Labute approximate surface area is 152 Å². The highest BCUT2D eigenvalue weighted by atomic mass is 35.5. The minimum Gasteiger partial charge on any atom is -0.386 e. The summed E-state index contributed by atoms with van der Waals surface area (Å²) in [4.78, 5) is -0.617. The molecule has 23 heavy (non-hydrogen) atoms. The van der Waals surface area contributed by atoms with Gasteiger partial charge in [-0.05, 0) is 50.5 Å². The number of hydrogen-bond acceptors (Lipinski definition) is 3. The highest BCUT2D eigenvalue weighted by Gasteiger charge is 2.59. The Hall–Kier alpha value is -0.590. The zero-order valence-electron chi connectivity index (χ0n) is 13.2. The number of hydrogen-bond donors (Lipinski definition) is 3. The number of benzene rings is 1. The Bertz CT molecular complexity index is 636. The van der Waals surface area contributed by atoms with Gasteiger partial charge in [-0.25, -0.2) is 0 Å². The van der Waals surface area contributed by atoms with Crippen LogP contribution in [0.4, 0.5) is 0 Å². The summed E-state index contributed by atoms with van der Waals surface area (Å²) in [5.41, 5.74) is 2.50. The van der Waals surface area contributed by atoms with Crippen LogP contribution in [0.25, 0.3) is 0 Å². The SMILES string of the molecule is CC1(C)NC(=S)NN1CC(O)(Cc1ccccc1Cl)C1(Cl)CC1. The maximum Gasteiger partial charge on any atom is 0.182 e. The van der Waals surface area contributed by atoms with Gasteiger partial charge in [0.25, 0.3) is 0 Å². The van der Waals surface area contributed by atoms with E-state index >= 15 is 0 Å². The Morgan fingerprint density at radius 1 is 1.35 bits per heavy atom. The van der Waals surface area contributed by atoms with Gasteiger partial charge in [-0.2, -0.15) is 5.01 Å². The second-order valence-electron chi connectivity index (χ2n) is 6.98. The Balaban J connectivity index is 1.86. The molecule has 2 fully saturated rings. The van der Waals surface area contributed by atoms with Crippen LogP contribution in [-0.2, 0) is 6.42 Å². The van der Waals surface area contributed by atoms with Crippen LogP contribution in [0.5, 0.6) is 0 Å². The first-order chi connectivity index (χ1) is 10.7. The molecule has 0 spiro atoms. The van der Waals surface area contributed by atoms with Crippen molar-refractivity contribution in [2.75, 3.05) is 6.54 Å².